The van der Waals surface area contributed by atoms with Gasteiger partial charge in [0, 0.05) is 23.7 Å². The molecule has 0 amide bonds. The van der Waals surface area contributed by atoms with Crippen LogP contribution in [0.3, 0.4) is 0 Å². The summed E-state index contributed by atoms with van der Waals surface area (Å²) in [5.41, 5.74) is 7.12. The fourth-order valence-electron chi connectivity index (χ4n) is 4.61. The third kappa shape index (κ3) is 4.29. The minimum absolute atomic E-state index is 0.0582. The number of aryl methyl sites for hydroxylation is 1. The minimum Gasteiger partial charge on any atom is -0.489 e. The monoisotopic (exact) mass is 473 g/mol. The van der Waals surface area contributed by atoms with Crippen LogP contribution < -0.4 is 20.7 Å². The lowest BCUT2D eigenvalue weighted by Gasteiger charge is -2.35. The molecule has 0 bridgehead atoms. The highest BCUT2D eigenvalue weighted by Crippen LogP contribution is 2.40. The first-order chi connectivity index (χ1) is 16.2. The van der Waals surface area contributed by atoms with Crippen LogP contribution in [0.2, 0.25) is 0 Å². The maximum atomic E-state index is 13.3. The molecule has 0 saturated carbocycles. The van der Waals surface area contributed by atoms with Crippen molar-refractivity contribution in [2.75, 3.05) is 42.3 Å². The maximum absolute atomic E-state index is 13.3. The standard InChI is InChI=1S/C24H26F3N5O2/c1-13(15-7-16(24(25,26)27)9-17(28)8-15)29-23-19-10-21-22(11-20(19)30-14(2)31-23)34-6-4-32(21)18-3-5-33-12-18/h7-11,13,18H,3-6,12,28H2,1-2H3,(H,29,30,31)/t13-,18?/m1/s1. The lowest BCUT2D eigenvalue weighted by molar-refractivity contribution is -0.137. The molecule has 1 fully saturated rings. The smallest absolute Gasteiger partial charge is 0.416 e. The molecule has 10 heteroatoms. The van der Waals surface area contributed by atoms with Crippen molar-refractivity contribution in [2.24, 2.45) is 0 Å². The summed E-state index contributed by atoms with van der Waals surface area (Å²) in [7, 11) is 0. The van der Waals surface area contributed by atoms with Gasteiger partial charge in [-0.25, -0.2) is 9.97 Å². The molecular weight excluding hydrogens is 447 g/mol. The normalized spacial score (nSPS) is 19.1. The molecule has 180 valence electrons. The molecule has 2 aromatic carbocycles. The molecular formula is C24H26F3N5O2. The Morgan fingerprint density at radius 3 is 2.71 bits per heavy atom. The van der Waals surface area contributed by atoms with Gasteiger partial charge in [-0.15, -0.1) is 0 Å². The molecule has 1 saturated heterocycles. The molecule has 0 spiro atoms. The molecule has 2 aliphatic rings. The molecule has 2 atom stereocenters. The van der Waals surface area contributed by atoms with Crippen LogP contribution >= 0.6 is 0 Å². The SMILES string of the molecule is Cc1nc(N[C@H](C)c2cc(N)cc(C(F)(F)F)c2)c2cc3c(cc2n1)OCCN3C1CCOC1. The maximum Gasteiger partial charge on any atom is 0.416 e. The van der Waals surface area contributed by atoms with Crippen LogP contribution in [0.1, 0.15) is 36.3 Å². The number of hydrogen-bond acceptors (Lipinski definition) is 7. The number of anilines is 3. The van der Waals surface area contributed by atoms with E-state index in [-0.39, 0.29) is 11.7 Å². The van der Waals surface area contributed by atoms with Gasteiger partial charge in [-0.1, -0.05) is 0 Å². The average Bonchev–Trinajstić information content (AvgIpc) is 3.31. The molecule has 1 unspecified atom stereocenters. The second-order valence-corrected chi connectivity index (χ2v) is 8.77. The summed E-state index contributed by atoms with van der Waals surface area (Å²) in [5.74, 6) is 1.85. The van der Waals surface area contributed by atoms with Crippen LogP contribution in [-0.2, 0) is 10.9 Å². The number of halogens is 3. The van der Waals surface area contributed by atoms with Gasteiger partial charge in [-0.05, 0) is 50.1 Å². The van der Waals surface area contributed by atoms with Crippen LogP contribution in [0.5, 0.6) is 5.75 Å². The molecule has 5 rings (SSSR count). The van der Waals surface area contributed by atoms with Crippen molar-refractivity contribution >= 4 is 28.1 Å². The number of rotatable bonds is 4. The number of hydrogen-bond donors (Lipinski definition) is 2. The number of aromatic nitrogens is 2. The van der Waals surface area contributed by atoms with E-state index in [4.69, 9.17) is 15.2 Å². The Hall–Kier alpha value is -3.27. The van der Waals surface area contributed by atoms with Crippen molar-refractivity contribution in [2.45, 2.75) is 38.5 Å². The molecule has 3 aromatic rings. The van der Waals surface area contributed by atoms with Crippen LogP contribution in [-0.4, -0.2) is 42.4 Å². The summed E-state index contributed by atoms with van der Waals surface area (Å²) in [4.78, 5) is 11.4. The lowest BCUT2D eigenvalue weighted by atomic mass is 10.0. The summed E-state index contributed by atoms with van der Waals surface area (Å²) < 4.78 is 51.4. The Morgan fingerprint density at radius 1 is 1.15 bits per heavy atom. The van der Waals surface area contributed by atoms with Crippen molar-refractivity contribution in [3.8, 4) is 5.75 Å². The first-order valence-corrected chi connectivity index (χ1v) is 11.2. The second-order valence-electron chi connectivity index (χ2n) is 8.77. The van der Waals surface area contributed by atoms with Gasteiger partial charge in [0.25, 0.3) is 0 Å². The fraction of sp³-hybridized carbons (Fsp3) is 0.417. The first-order valence-electron chi connectivity index (χ1n) is 11.2. The zero-order chi connectivity index (χ0) is 24.0. The Balaban J connectivity index is 1.53. The molecule has 2 aliphatic heterocycles. The second kappa shape index (κ2) is 8.50. The van der Waals surface area contributed by atoms with E-state index in [2.05, 4.69) is 20.2 Å². The van der Waals surface area contributed by atoms with E-state index >= 15 is 0 Å². The van der Waals surface area contributed by atoms with Crippen LogP contribution in [0, 0.1) is 6.92 Å². The van der Waals surface area contributed by atoms with Crippen molar-refractivity contribution in [1.82, 2.24) is 9.97 Å². The van der Waals surface area contributed by atoms with Gasteiger partial charge in [0.05, 0.1) is 42.0 Å². The molecule has 3 N–H and O–H groups in total. The third-order valence-corrected chi connectivity index (χ3v) is 6.29. The summed E-state index contributed by atoms with van der Waals surface area (Å²) >= 11 is 0. The van der Waals surface area contributed by atoms with Crippen molar-refractivity contribution in [1.29, 1.82) is 0 Å². The zero-order valence-corrected chi connectivity index (χ0v) is 18.9. The lowest BCUT2D eigenvalue weighted by Crippen LogP contribution is -2.41. The van der Waals surface area contributed by atoms with E-state index in [0.717, 1.165) is 48.5 Å². The number of nitrogens with two attached hydrogens (primary N) is 1. The molecule has 0 radical (unpaired) electrons. The van der Waals surface area contributed by atoms with Crippen LogP contribution in [0.15, 0.2) is 30.3 Å². The number of fused-ring (bicyclic) bond motifs is 2. The number of nitrogens with zero attached hydrogens (tertiary/aromatic N) is 3. The van der Waals surface area contributed by atoms with Crippen molar-refractivity contribution < 1.29 is 22.6 Å². The molecule has 34 heavy (non-hydrogen) atoms. The van der Waals surface area contributed by atoms with E-state index in [9.17, 15) is 13.2 Å². The number of nitrogens with one attached hydrogen (secondary N) is 1. The predicted molar refractivity (Wildman–Crippen MR) is 124 cm³/mol. The van der Waals surface area contributed by atoms with E-state index in [1.807, 2.05) is 12.1 Å². The number of ether oxygens (including phenoxy) is 2. The molecule has 3 heterocycles. The molecule has 7 nitrogen and oxygen atoms in total. The average molecular weight is 473 g/mol. The number of alkyl halides is 3. The minimum atomic E-state index is -4.48. The predicted octanol–water partition coefficient (Wildman–Crippen LogP) is 4.70. The highest BCUT2D eigenvalue weighted by molar-refractivity contribution is 5.94. The summed E-state index contributed by atoms with van der Waals surface area (Å²) in [6, 6.07) is 7.29. The summed E-state index contributed by atoms with van der Waals surface area (Å²) in [5, 5.41) is 4.05. The zero-order valence-electron chi connectivity index (χ0n) is 18.9. The van der Waals surface area contributed by atoms with Gasteiger partial charge in [-0.3, -0.25) is 0 Å². The van der Waals surface area contributed by atoms with E-state index in [1.165, 1.54) is 0 Å². The number of benzene rings is 2. The highest BCUT2D eigenvalue weighted by atomic mass is 19.4. The fourth-order valence-corrected chi connectivity index (χ4v) is 4.61. The Kier molecular flexibility index (Phi) is 5.63. The summed E-state index contributed by atoms with van der Waals surface area (Å²) in [6.07, 6.45) is -3.53. The summed E-state index contributed by atoms with van der Waals surface area (Å²) in [6.45, 7) is 6.29. The Bertz CT molecular complexity index is 1230. The number of nitrogen functional groups attached to an aromatic ring is 1. The van der Waals surface area contributed by atoms with Gasteiger partial charge in [-0.2, -0.15) is 13.2 Å². The Labute approximate surface area is 195 Å². The van der Waals surface area contributed by atoms with Crippen molar-refractivity contribution in [3.05, 3.63) is 47.3 Å². The van der Waals surface area contributed by atoms with Gasteiger partial charge in [0.1, 0.15) is 24.0 Å². The highest BCUT2D eigenvalue weighted by Gasteiger charge is 2.32. The van der Waals surface area contributed by atoms with Crippen molar-refractivity contribution in [3.63, 3.8) is 0 Å². The van der Waals surface area contributed by atoms with E-state index in [1.54, 1.807) is 19.9 Å². The van der Waals surface area contributed by atoms with Gasteiger partial charge >= 0.3 is 6.18 Å². The third-order valence-electron chi connectivity index (χ3n) is 6.29. The topological polar surface area (TPSA) is 85.5 Å². The largest absolute Gasteiger partial charge is 0.489 e. The van der Waals surface area contributed by atoms with Gasteiger partial charge in [0.2, 0.25) is 0 Å². The molecule has 0 aliphatic carbocycles. The first kappa shape index (κ1) is 22.5. The van der Waals surface area contributed by atoms with Gasteiger partial charge < -0.3 is 25.4 Å². The Morgan fingerprint density at radius 2 is 1.97 bits per heavy atom. The van der Waals surface area contributed by atoms with E-state index < -0.39 is 17.8 Å². The van der Waals surface area contributed by atoms with Crippen LogP contribution in [0.25, 0.3) is 10.9 Å². The van der Waals surface area contributed by atoms with Gasteiger partial charge in [0.15, 0.2) is 0 Å². The van der Waals surface area contributed by atoms with Crippen LogP contribution in [0.4, 0.5) is 30.4 Å². The quantitative estimate of drug-likeness (QED) is 0.531. The molecule has 1 aromatic heterocycles. The van der Waals surface area contributed by atoms with E-state index in [0.29, 0.717) is 35.9 Å².